The molecule has 86 valence electrons. The molecule has 16 heavy (non-hydrogen) atoms. The fourth-order valence-electron chi connectivity index (χ4n) is 0.997. The van der Waals surface area contributed by atoms with Crippen LogP contribution in [0.25, 0.3) is 0 Å². The lowest BCUT2D eigenvalue weighted by atomic mass is 10.2. The van der Waals surface area contributed by atoms with Crippen LogP contribution in [-0.4, -0.2) is 15.8 Å². The van der Waals surface area contributed by atoms with Gasteiger partial charge in [0.05, 0.1) is 22.9 Å². The minimum Gasteiger partial charge on any atom is -0.444 e. The van der Waals surface area contributed by atoms with E-state index in [9.17, 15) is 9.70 Å². The largest absolute Gasteiger partial charge is 0.444 e. The normalized spacial score (nSPS) is 9.62. The van der Waals surface area contributed by atoms with Crippen LogP contribution < -0.4 is 0 Å². The number of hydrogen-bond acceptors (Lipinski definition) is 4. The van der Waals surface area contributed by atoms with Gasteiger partial charge in [0.15, 0.2) is 0 Å². The van der Waals surface area contributed by atoms with E-state index in [0.717, 1.165) is 5.56 Å². The number of carbonyl (C=O) groups excluding carboxylic acids is 1. The second-order valence-corrected chi connectivity index (χ2v) is 4.16. The maximum absolute atomic E-state index is 11.3. The van der Waals surface area contributed by atoms with E-state index in [1.54, 1.807) is 24.3 Å². The molecule has 0 N–H and O–H groups in total. The van der Waals surface area contributed by atoms with Gasteiger partial charge in [-0.25, -0.2) is 4.79 Å². The van der Waals surface area contributed by atoms with Crippen LogP contribution in [0.3, 0.4) is 0 Å². The summed E-state index contributed by atoms with van der Waals surface area (Å²) in [6, 6.07) is 6.57. The van der Waals surface area contributed by atoms with E-state index in [1.807, 2.05) is 29.8 Å². The van der Waals surface area contributed by atoms with Gasteiger partial charge in [-0.05, 0) is 29.8 Å². The Labute approximate surface area is 107 Å². The van der Waals surface area contributed by atoms with Gasteiger partial charge in [-0.1, -0.05) is 12.1 Å². The summed E-state index contributed by atoms with van der Waals surface area (Å²) in [4.78, 5) is 21.5. The average Bonchev–Trinajstić information content (AvgIpc) is 2.35. The van der Waals surface area contributed by atoms with Crippen LogP contribution in [0.2, 0.25) is 0 Å². The fourth-order valence-corrected chi connectivity index (χ4v) is 1.14. The highest BCUT2D eigenvalue weighted by Crippen LogP contribution is 2.13. The zero-order chi connectivity index (χ0) is 12.0. The Kier molecular flexibility index (Phi) is 5.17. The molecular weight excluding hydrogens is 323 g/mol. The molecule has 0 fully saturated rings. The Bertz CT molecular complexity index is 367. The first-order chi connectivity index (χ1) is 7.67. The summed E-state index contributed by atoms with van der Waals surface area (Å²) in [5.74, 6) is 0. The van der Waals surface area contributed by atoms with Gasteiger partial charge in [0.25, 0.3) is 0 Å². The second kappa shape index (κ2) is 6.41. The van der Waals surface area contributed by atoms with Crippen molar-refractivity contribution in [3.63, 3.8) is 0 Å². The molecule has 0 radical (unpaired) electrons. The van der Waals surface area contributed by atoms with Crippen LogP contribution in [0.15, 0.2) is 29.4 Å². The van der Waals surface area contributed by atoms with E-state index in [-0.39, 0.29) is 12.7 Å². The van der Waals surface area contributed by atoms with Gasteiger partial charge in [0, 0.05) is 6.54 Å². The van der Waals surface area contributed by atoms with E-state index in [4.69, 9.17) is 4.74 Å². The topological polar surface area (TPSA) is 59.0 Å². The van der Waals surface area contributed by atoms with Crippen molar-refractivity contribution in [2.45, 2.75) is 13.5 Å². The monoisotopic (exact) mass is 334 g/mol. The van der Waals surface area contributed by atoms with E-state index >= 15 is 0 Å². The molecule has 0 saturated heterocycles. The minimum atomic E-state index is -0.374. The molecule has 0 heterocycles. The zero-order valence-corrected chi connectivity index (χ0v) is 10.9. The molecule has 1 rings (SSSR count). The van der Waals surface area contributed by atoms with Gasteiger partial charge >= 0.3 is 6.09 Å². The van der Waals surface area contributed by atoms with Crippen molar-refractivity contribution >= 4 is 34.6 Å². The number of rotatable bonds is 4. The Morgan fingerprint density at radius 1 is 1.44 bits per heavy atom. The number of halogens is 1. The molecule has 0 atom stereocenters. The summed E-state index contributed by atoms with van der Waals surface area (Å²) in [5, 5.41) is 2.78. The van der Waals surface area contributed by atoms with Crippen molar-refractivity contribution in [3.05, 3.63) is 34.7 Å². The maximum Gasteiger partial charge on any atom is 0.418 e. The first kappa shape index (κ1) is 12.9. The molecule has 1 aromatic rings. The predicted molar refractivity (Wildman–Crippen MR) is 68.5 cm³/mol. The van der Waals surface area contributed by atoms with Crippen LogP contribution in [-0.2, 0) is 11.3 Å². The molecule has 1 amide bonds. The van der Waals surface area contributed by atoms with Crippen molar-refractivity contribution in [1.29, 1.82) is 0 Å². The first-order valence-electron chi connectivity index (χ1n) is 4.69. The Balaban J connectivity index is 2.48. The van der Waals surface area contributed by atoms with Crippen molar-refractivity contribution in [2.24, 2.45) is 5.18 Å². The predicted octanol–water partition coefficient (Wildman–Crippen LogP) is 3.39. The fraction of sp³-hybridized carbons (Fsp3) is 0.300. The SMILES string of the molecule is CCN(I)C(=O)OCc1ccc(N=O)cc1. The van der Waals surface area contributed by atoms with Gasteiger partial charge < -0.3 is 4.74 Å². The zero-order valence-electron chi connectivity index (χ0n) is 8.72. The third kappa shape index (κ3) is 3.76. The lowest BCUT2D eigenvalue weighted by Crippen LogP contribution is -2.21. The van der Waals surface area contributed by atoms with Crippen LogP contribution in [0, 0.1) is 4.91 Å². The van der Waals surface area contributed by atoms with Crippen LogP contribution in [0.1, 0.15) is 12.5 Å². The summed E-state index contributed by atoms with van der Waals surface area (Å²) in [5.41, 5.74) is 1.18. The van der Waals surface area contributed by atoms with E-state index < -0.39 is 0 Å². The average molecular weight is 334 g/mol. The summed E-state index contributed by atoms with van der Waals surface area (Å²) in [6.07, 6.45) is -0.374. The summed E-state index contributed by atoms with van der Waals surface area (Å²) in [6.45, 7) is 2.64. The van der Waals surface area contributed by atoms with Crippen LogP contribution in [0.5, 0.6) is 0 Å². The molecule has 0 unspecified atom stereocenters. The minimum absolute atomic E-state index is 0.192. The number of nitrogens with zero attached hydrogens (tertiary/aromatic N) is 2. The van der Waals surface area contributed by atoms with Gasteiger partial charge in [-0.3, -0.25) is 3.11 Å². The van der Waals surface area contributed by atoms with E-state index in [1.165, 1.54) is 3.11 Å². The number of carbonyl (C=O) groups is 1. The van der Waals surface area contributed by atoms with Gasteiger partial charge in [-0.2, -0.15) is 0 Å². The molecular formula is C10H11IN2O3. The first-order valence-corrected chi connectivity index (χ1v) is 5.66. The van der Waals surface area contributed by atoms with E-state index in [2.05, 4.69) is 5.18 Å². The Hall–Kier alpha value is -1.18. The third-order valence-corrected chi connectivity index (χ3v) is 2.96. The Morgan fingerprint density at radius 3 is 2.56 bits per heavy atom. The molecule has 0 bridgehead atoms. The third-order valence-electron chi connectivity index (χ3n) is 1.88. The lowest BCUT2D eigenvalue weighted by Gasteiger charge is -2.11. The highest BCUT2D eigenvalue weighted by Gasteiger charge is 2.08. The number of hydrogen-bond donors (Lipinski definition) is 0. The molecule has 6 heteroatoms. The van der Waals surface area contributed by atoms with Crippen LogP contribution in [0.4, 0.5) is 10.5 Å². The number of benzene rings is 1. The van der Waals surface area contributed by atoms with Crippen molar-refractivity contribution < 1.29 is 9.53 Å². The van der Waals surface area contributed by atoms with Gasteiger partial charge in [0.1, 0.15) is 12.3 Å². The molecule has 0 aromatic heterocycles. The Morgan fingerprint density at radius 2 is 2.06 bits per heavy atom. The molecule has 0 spiro atoms. The summed E-state index contributed by atoms with van der Waals surface area (Å²) >= 11 is 1.89. The molecule has 0 aliphatic carbocycles. The molecule has 0 aliphatic heterocycles. The van der Waals surface area contributed by atoms with Crippen molar-refractivity contribution in [1.82, 2.24) is 3.11 Å². The molecule has 1 aromatic carbocycles. The maximum atomic E-state index is 11.3. The summed E-state index contributed by atoms with van der Waals surface area (Å²) in [7, 11) is 0. The van der Waals surface area contributed by atoms with Crippen molar-refractivity contribution in [2.75, 3.05) is 6.54 Å². The highest BCUT2D eigenvalue weighted by atomic mass is 127. The standard InChI is InChI=1S/C10H11IN2O3/c1-2-13(11)10(14)16-7-8-3-5-9(12-15)6-4-8/h3-6H,2,7H2,1H3. The number of amides is 1. The van der Waals surface area contributed by atoms with Gasteiger partial charge in [0.2, 0.25) is 0 Å². The summed E-state index contributed by atoms with van der Waals surface area (Å²) < 4.78 is 6.47. The highest BCUT2D eigenvalue weighted by molar-refractivity contribution is 14.1. The van der Waals surface area contributed by atoms with Gasteiger partial charge in [-0.15, -0.1) is 4.91 Å². The van der Waals surface area contributed by atoms with E-state index in [0.29, 0.717) is 12.2 Å². The molecule has 0 saturated carbocycles. The second-order valence-electron chi connectivity index (χ2n) is 2.99. The smallest absolute Gasteiger partial charge is 0.418 e. The van der Waals surface area contributed by atoms with Crippen molar-refractivity contribution in [3.8, 4) is 0 Å². The lowest BCUT2D eigenvalue weighted by molar-refractivity contribution is 0.126. The molecule has 0 aliphatic rings. The van der Waals surface area contributed by atoms with Crippen LogP contribution >= 0.6 is 22.9 Å². The quantitative estimate of drug-likeness (QED) is 0.482. The number of ether oxygens (including phenoxy) is 1. The number of nitroso groups, excluding NO2 is 1. The molecule has 5 nitrogen and oxygen atoms in total.